The first-order valence-corrected chi connectivity index (χ1v) is 6.10. The fourth-order valence-electron chi connectivity index (χ4n) is 1.61. The molecule has 1 aromatic carbocycles. The first-order valence-electron chi connectivity index (χ1n) is 6.10. The van der Waals surface area contributed by atoms with Gasteiger partial charge in [-0.2, -0.15) is 4.98 Å². The Balaban J connectivity index is 2.18. The van der Waals surface area contributed by atoms with E-state index in [-0.39, 0.29) is 6.61 Å². The van der Waals surface area contributed by atoms with Crippen LogP contribution in [0, 0.1) is 0 Å². The molecule has 0 amide bonds. The zero-order valence-corrected chi connectivity index (χ0v) is 11.5. The van der Waals surface area contributed by atoms with Gasteiger partial charge in [-0.1, -0.05) is 5.16 Å². The number of benzene rings is 1. The maximum Gasteiger partial charge on any atom is 0.252 e. The number of aromatic nitrogens is 2. The Bertz CT molecular complexity index is 534. The third-order valence-electron chi connectivity index (χ3n) is 2.57. The molecular weight excluding hydrogens is 262 g/mol. The van der Waals surface area contributed by atoms with Crippen LogP contribution in [0.25, 0.3) is 11.4 Å². The van der Waals surface area contributed by atoms with E-state index < -0.39 is 0 Å². The predicted molar refractivity (Wildman–Crippen MR) is 71.5 cm³/mol. The van der Waals surface area contributed by atoms with Crippen LogP contribution < -0.4 is 15.2 Å². The lowest BCUT2D eigenvalue weighted by atomic mass is 10.2. The zero-order chi connectivity index (χ0) is 14.4. The van der Waals surface area contributed by atoms with Gasteiger partial charge in [0.15, 0.2) is 0 Å². The lowest BCUT2D eigenvalue weighted by Crippen LogP contribution is -2.08. The highest BCUT2D eigenvalue weighted by Crippen LogP contribution is 2.28. The van der Waals surface area contributed by atoms with E-state index in [0.717, 1.165) is 5.56 Å². The van der Waals surface area contributed by atoms with Crippen molar-refractivity contribution in [1.82, 2.24) is 10.1 Å². The predicted octanol–water partition coefficient (Wildman–Crippen LogP) is 1.23. The van der Waals surface area contributed by atoms with Crippen LogP contribution in [0.1, 0.15) is 5.89 Å². The van der Waals surface area contributed by atoms with Crippen LogP contribution in [-0.2, 0) is 11.3 Å². The van der Waals surface area contributed by atoms with Crippen molar-refractivity contribution in [3.05, 3.63) is 24.1 Å². The molecule has 108 valence electrons. The van der Waals surface area contributed by atoms with E-state index >= 15 is 0 Å². The largest absolute Gasteiger partial charge is 0.497 e. The van der Waals surface area contributed by atoms with Crippen LogP contribution in [0.4, 0.5) is 0 Å². The molecule has 0 spiro atoms. The maximum atomic E-state index is 5.33. The van der Waals surface area contributed by atoms with Gasteiger partial charge in [0, 0.05) is 18.2 Å². The molecule has 0 aliphatic carbocycles. The molecule has 1 aromatic heterocycles. The second kappa shape index (κ2) is 6.88. The third kappa shape index (κ3) is 3.46. The molecule has 2 aromatic rings. The van der Waals surface area contributed by atoms with Gasteiger partial charge in [0.1, 0.15) is 18.1 Å². The van der Waals surface area contributed by atoms with Crippen molar-refractivity contribution in [2.45, 2.75) is 6.61 Å². The molecule has 0 fully saturated rings. The summed E-state index contributed by atoms with van der Waals surface area (Å²) in [5.41, 5.74) is 6.08. The van der Waals surface area contributed by atoms with Gasteiger partial charge < -0.3 is 24.5 Å². The molecule has 0 aliphatic heterocycles. The number of hydrogen-bond acceptors (Lipinski definition) is 7. The topological polar surface area (TPSA) is 92.6 Å². The Morgan fingerprint density at radius 1 is 1.15 bits per heavy atom. The molecule has 2 N–H and O–H groups in total. The van der Waals surface area contributed by atoms with Crippen LogP contribution in [0.15, 0.2) is 22.7 Å². The first kappa shape index (κ1) is 14.3. The van der Waals surface area contributed by atoms with Gasteiger partial charge >= 0.3 is 0 Å². The summed E-state index contributed by atoms with van der Waals surface area (Å²) in [4.78, 5) is 4.25. The molecule has 0 saturated carbocycles. The van der Waals surface area contributed by atoms with Crippen molar-refractivity contribution in [3.8, 4) is 22.9 Å². The summed E-state index contributed by atoms with van der Waals surface area (Å²) in [5.74, 6) is 2.17. The highest BCUT2D eigenvalue weighted by Gasteiger charge is 2.11. The smallest absolute Gasteiger partial charge is 0.252 e. The van der Waals surface area contributed by atoms with Crippen molar-refractivity contribution in [3.63, 3.8) is 0 Å². The average molecular weight is 279 g/mol. The Kier molecular flexibility index (Phi) is 4.91. The zero-order valence-electron chi connectivity index (χ0n) is 11.5. The molecule has 20 heavy (non-hydrogen) atoms. The Morgan fingerprint density at radius 2 is 1.85 bits per heavy atom. The number of ether oxygens (including phenoxy) is 3. The number of rotatable bonds is 7. The SMILES string of the molecule is COc1cc(OC)cc(-c2noc(COCCN)n2)c1. The fraction of sp³-hybridized carbons (Fsp3) is 0.385. The lowest BCUT2D eigenvalue weighted by molar-refractivity contribution is 0.104. The summed E-state index contributed by atoms with van der Waals surface area (Å²) < 4.78 is 20.7. The number of hydrogen-bond donors (Lipinski definition) is 1. The summed E-state index contributed by atoms with van der Waals surface area (Å²) in [5, 5.41) is 3.91. The molecule has 0 aliphatic rings. The lowest BCUT2D eigenvalue weighted by Gasteiger charge is -2.05. The molecule has 0 bridgehead atoms. The molecule has 7 nitrogen and oxygen atoms in total. The van der Waals surface area contributed by atoms with Crippen molar-refractivity contribution < 1.29 is 18.7 Å². The van der Waals surface area contributed by atoms with Crippen molar-refractivity contribution >= 4 is 0 Å². The average Bonchev–Trinajstić information content (AvgIpc) is 2.96. The van der Waals surface area contributed by atoms with Crippen molar-refractivity contribution in [1.29, 1.82) is 0 Å². The van der Waals surface area contributed by atoms with Crippen LogP contribution in [0.5, 0.6) is 11.5 Å². The van der Waals surface area contributed by atoms with E-state index in [2.05, 4.69) is 10.1 Å². The maximum absolute atomic E-state index is 5.33. The van der Waals surface area contributed by atoms with Crippen LogP contribution in [-0.4, -0.2) is 37.5 Å². The quantitative estimate of drug-likeness (QED) is 0.762. The number of nitrogens with two attached hydrogens (primary N) is 1. The molecule has 0 unspecified atom stereocenters. The Labute approximate surface area is 116 Å². The van der Waals surface area contributed by atoms with Crippen LogP contribution in [0.3, 0.4) is 0 Å². The minimum Gasteiger partial charge on any atom is -0.497 e. The number of nitrogens with zero attached hydrogens (tertiary/aromatic N) is 2. The van der Waals surface area contributed by atoms with E-state index in [1.54, 1.807) is 32.4 Å². The van der Waals surface area contributed by atoms with Gasteiger partial charge in [-0.25, -0.2) is 0 Å². The Morgan fingerprint density at radius 3 is 2.45 bits per heavy atom. The van der Waals surface area contributed by atoms with Crippen LogP contribution in [0.2, 0.25) is 0 Å². The molecule has 0 saturated heterocycles. The standard InChI is InChI=1S/C13H17N3O4/c1-17-10-5-9(6-11(7-10)18-2)13-15-12(20-16-13)8-19-4-3-14/h5-7H,3-4,8,14H2,1-2H3. The monoisotopic (exact) mass is 279 g/mol. The summed E-state index contributed by atoms with van der Waals surface area (Å²) in [7, 11) is 3.17. The third-order valence-corrected chi connectivity index (χ3v) is 2.57. The molecule has 7 heteroatoms. The van der Waals surface area contributed by atoms with Gasteiger partial charge in [0.25, 0.3) is 5.89 Å². The fourth-order valence-corrected chi connectivity index (χ4v) is 1.61. The van der Waals surface area contributed by atoms with E-state index in [4.69, 9.17) is 24.5 Å². The summed E-state index contributed by atoms with van der Waals surface area (Å²) in [6.45, 7) is 1.14. The van der Waals surface area contributed by atoms with E-state index in [0.29, 0.717) is 36.4 Å². The summed E-state index contributed by atoms with van der Waals surface area (Å²) in [6, 6.07) is 5.38. The second-order valence-electron chi connectivity index (χ2n) is 3.95. The molecule has 0 radical (unpaired) electrons. The minimum atomic E-state index is 0.241. The number of methoxy groups -OCH3 is 2. The minimum absolute atomic E-state index is 0.241. The van der Waals surface area contributed by atoms with Gasteiger partial charge in [0.2, 0.25) is 5.82 Å². The summed E-state index contributed by atoms with van der Waals surface area (Å²) >= 11 is 0. The van der Waals surface area contributed by atoms with E-state index in [9.17, 15) is 0 Å². The van der Waals surface area contributed by atoms with Crippen molar-refractivity contribution in [2.75, 3.05) is 27.4 Å². The molecule has 1 heterocycles. The second-order valence-corrected chi connectivity index (χ2v) is 3.95. The van der Waals surface area contributed by atoms with Gasteiger partial charge in [-0.15, -0.1) is 0 Å². The molecule has 2 rings (SSSR count). The van der Waals surface area contributed by atoms with E-state index in [1.807, 2.05) is 0 Å². The highest BCUT2D eigenvalue weighted by molar-refractivity contribution is 5.60. The van der Waals surface area contributed by atoms with Crippen LogP contribution >= 0.6 is 0 Å². The van der Waals surface area contributed by atoms with Gasteiger partial charge in [0.05, 0.1) is 20.8 Å². The highest BCUT2D eigenvalue weighted by atomic mass is 16.5. The molecule has 0 atom stereocenters. The molecular formula is C13H17N3O4. The van der Waals surface area contributed by atoms with Crippen molar-refractivity contribution in [2.24, 2.45) is 5.73 Å². The Hall–Kier alpha value is -2.12. The van der Waals surface area contributed by atoms with Gasteiger partial charge in [-0.05, 0) is 12.1 Å². The normalized spacial score (nSPS) is 10.6. The van der Waals surface area contributed by atoms with Gasteiger partial charge in [-0.3, -0.25) is 0 Å². The summed E-state index contributed by atoms with van der Waals surface area (Å²) in [6.07, 6.45) is 0. The van der Waals surface area contributed by atoms with E-state index in [1.165, 1.54) is 0 Å². The first-order chi connectivity index (χ1) is 9.76.